The van der Waals surface area contributed by atoms with E-state index in [9.17, 15) is 15.2 Å². The van der Waals surface area contributed by atoms with Crippen LogP contribution in [0.1, 0.15) is 16.6 Å². The highest BCUT2D eigenvalue weighted by molar-refractivity contribution is 7.10. The molecular weight excluding hydrogens is 264 g/mol. The first-order valence-electron chi connectivity index (χ1n) is 5.50. The van der Waals surface area contributed by atoms with Crippen LogP contribution in [0.4, 0.5) is 10.6 Å². The van der Waals surface area contributed by atoms with Crippen LogP contribution in [0.3, 0.4) is 0 Å². The predicted octanol–water partition coefficient (Wildman–Crippen LogP) is 2.54. The number of thiophene rings is 1. The van der Waals surface area contributed by atoms with Gasteiger partial charge in [-0.15, -0.1) is 11.3 Å². The minimum absolute atomic E-state index is 0.380. The summed E-state index contributed by atoms with van der Waals surface area (Å²) in [6, 6.07) is 6.35. The van der Waals surface area contributed by atoms with Gasteiger partial charge in [-0.05, 0) is 18.4 Å². The molecule has 2 aromatic rings. The molecule has 2 rings (SSSR count). The average Bonchev–Trinajstić information content (AvgIpc) is 2.95. The number of rotatable bonds is 3. The molecule has 1 N–H and O–H groups in total. The van der Waals surface area contributed by atoms with Gasteiger partial charge < -0.3 is 5.11 Å². The number of nitrogens with zero attached hydrogens (tertiary/aromatic N) is 4. The van der Waals surface area contributed by atoms with E-state index in [2.05, 4.69) is 5.10 Å². The first-order chi connectivity index (χ1) is 9.04. The summed E-state index contributed by atoms with van der Waals surface area (Å²) in [7, 11) is 1.65. The average molecular weight is 276 g/mol. The second-order valence-corrected chi connectivity index (χ2v) is 4.95. The van der Waals surface area contributed by atoms with Crippen LogP contribution in [0.5, 0.6) is 0 Å². The van der Waals surface area contributed by atoms with Crippen LogP contribution < -0.4 is 4.90 Å². The Kier molecular flexibility index (Phi) is 3.53. The topological polar surface area (TPSA) is 82.2 Å². The monoisotopic (exact) mass is 276 g/mol. The van der Waals surface area contributed by atoms with Crippen molar-refractivity contribution in [2.24, 2.45) is 7.05 Å². The molecule has 1 amide bonds. The molecule has 1 atom stereocenters. The number of carboxylic acid groups (broad SMARTS) is 1. The summed E-state index contributed by atoms with van der Waals surface area (Å²) in [6.07, 6.45) is -1.18. The molecule has 0 aliphatic rings. The third kappa shape index (κ3) is 2.44. The molecule has 0 aromatic carbocycles. The maximum absolute atomic E-state index is 11.5. The lowest BCUT2D eigenvalue weighted by molar-refractivity contribution is 0.200. The maximum Gasteiger partial charge on any atom is 0.414 e. The standard InChI is InChI=1S/C12H12N4O2S/c1-8-6-11(15(2)14-8)16(12(17)18)9(7-13)10-4-3-5-19-10/h3-6,9H,1-2H3,(H,17,18). The van der Waals surface area contributed by atoms with Crippen molar-refractivity contribution in [3.8, 4) is 6.07 Å². The fourth-order valence-corrected chi connectivity index (χ4v) is 2.62. The van der Waals surface area contributed by atoms with Gasteiger partial charge in [-0.2, -0.15) is 10.4 Å². The summed E-state index contributed by atoms with van der Waals surface area (Å²) in [5.74, 6) is 0.380. The lowest BCUT2D eigenvalue weighted by atomic mass is 10.2. The van der Waals surface area contributed by atoms with E-state index in [4.69, 9.17) is 0 Å². The Morgan fingerprint density at radius 2 is 2.42 bits per heavy atom. The highest BCUT2D eigenvalue weighted by Gasteiger charge is 2.29. The summed E-state index contributed by atoms with van der Waals surface area (Å²) in [6.45, 7) is 1.77. The second kappa shape index (κ2) is 5.12. The van der Waals surface area contributed by atoms with Gasteiger partial charge in [0.05, 0.1) is 11.8 Å². The largest absolute Gasteiger partial charge is 0.465 e. The van der Waals surface area contributed by atoms with Gasteiger partial charge in [0.1, 0.15) is 5.82 Å². The lowest BCUT2D eigenvalue weighted by Gasteiger charge is -2.23. The summed E-state index contributed by atoms with van der Waals surface area (Å²) >= 11 is 1.35. The van der Waals surface area contributed by atoms with E-state index in [1.165, 1.54) is 16.0 Å². The van der Waals surface area contributed by atoms with Crippen LogP contribution in [0.15, 0.2) is 23.6 Å². The minimum atomic E-state index is -1.18. The smallest absolute Gasteiger partial charge is 0.414 e. The van der Waals surface area contributed by atoms with E-state index in [0.29, 0.717) is 16.4 Å². The Bertz CT molecular complexity index is 627. The van der Waals surface area contributed by atoms with Gasteiger partial charge in [-0.3, -0.25) is 4.68 Å². The van der Waals surface area contributed by atoms with Crippen molar-refractivity contribution in [1.29, 1.82) is 5.26 Å². The van der Waals surface area contributed by atoms with Crippen molar-refractivity contribution < 1.29 is 9.90 Å². The zero-order valence-corrected chi connectivity index (χ0v) is 11.3. The fourth-order valence-electron chi connectivity index (χ4n) is 1.86. The highest BCUT2D eigenvalue weighted by atomic mass is 32.1. The van der Waals surface area contributed by atoms with Crippen LogP contribution in [-0.4, -0.2) is 21.0 Å². The molecule has 19 heavy (non-hydrogen) atoms. The van der Waals surface area contributed by atoms with Crippen molar-refractivity contribution in [2.45, 2.75) is 13.0 Å². The van der Waals surface area contributed by atoms with Gasteiger partial charge in [0.2, 0.25) is 0 Å². The van der Waals surface area contributed by atoms with E-state index in [0.717, 1.165) is 4.90 Å². The molecule has 7 heteroatoms. The van der Waals surface area contributed by atoms with E-state index in [1.54, 1.807) is 32.2 Å². The number of nitriles is 1. The molecule has 2 heterocycles. The molecule has 1 unspecified atom stereocenters. The zero-order valence-electron chi connectivity index (χ0n) is 10.4. The number of amides is 1. The van der Waals surface area contributed by atoms with E-state index in [-0.39, 0.29) is 0 Å². The van der Waals surface area contributed by atoms with Gasteiger partial charge in [0.25, 0.3) is 0 Å². The van der Waals surface area contributed by atoms with Gasteiger partial charge in [0, 0.05) is 18.0 Å². The van der Waals surface area contributed by atoms with E-state index in [1.807, 2.05) is 11.4 Å². The van der Waals surface area contributed by atoms with E-state index < -0.39 is 12.1 Å². The molecule has 0 aliphatic carbocycles. The molecular formula is C12H12N4O2S. The zero-order chi connectivity index (χ0) is 14.0. The molecule has 0 bridgehead atoms. The maximum atomic E-state index is 11.5. The molecule has 0 aliphatic heterocycles. The SMILES string of the molecule is Cc1cc(N(C(=O)O)C(C#N)c2cccs2)n(C)n1. The second-order valence-electron chi connectivity index (χ2n) is 3.97. The summed E-state index contributed by atoms with van der Waals surface area (Å²) in [5.41, 5.74) is 0.701. The molecule has 0 saturated heterocycles. The van der Waals surface area contributed by atoms with Crippen LogP contribution in [0.25, 0.3) is 0 Å². The quantitative estimate of drug-likeness (QED) is 0.933. The Hall–Kier alpha value is -2.33. The van der Waals surface area contributed by atoms with Gasteiger partial charge in [-0.25, -0.2) is 9.69 Å². The number of carbonyl (C=O) groups is 1. The summed E-state index contributed by atoms with van der Waals surface area (Å²) < 4.78 is 1.46. The highest BCUT2D eigenvalue weighted by Crippen LogP contribution is 2.29. The normalized spacial score (nSPS) is 11.8. The number of hydrogen-bond acceptors (Lipinski definition) is 4. The minimum Gasteiger partial charge on any atom is -0.465 e. The number of aromatic nitrogens is 2. The van der Waals surface area contributed by atoms with E-state index >= 15 is 0 Å². The van der Waals surface area contributed by atoms with Gasteiger partial charge in [0.15, 0.2) is 6.04 Å². The van der Waals surface area contributed by atoms with Crippen LogP contribution in [0, 0.1) is 18.3 Å². The van der Waals surface area contributed by atoms with Crippen molar-refractivity contribution in [1.82, 2.24) is 9.78 Å². The fraction of sp³-hybridized carbons (Fsp3) is 0.250. The van der Waals surface area contributed by atoms with Crippen molar-refractivity contribution in [3.05, 3.63) is 34.2 Å². The molecule has 6 nitrogen and oxygen atoms in total. The Labute approximate surface area is 114 Å². The van der Waals surface area contributed by atoms with Crippen molar-refractivity contribution in [2.75, 3.05) is 4.90 Å². The van der Waals surface area contributed by atoms with Gasteiger partial charge >= 0.3 is 6.09 Å². The molecule has 0 saturated carbocycles. The Balaban J connectivity index is 2.49. The number of hydrogen-bond donors (Lipinski definition) is 1. The Morgan fingerprint density at radius 3 is 2.84 bits per heavy atom. The third-order valence-electron chi connectivity index (χ3n) is 2.62. The summed E-state index contributed by atoms with van der Waals surface area (Å²) in [5, 5.41) is 24.6. The first-order valence-corrected chi connectivity index (χ1v) is 6.38. The van der Waals surface area contributed by atoms with Crippen LogP contribution in [-0.2, 0) is 7.05 Å². The van der Waals surface area contributed by atoms with Crippen molar-refractivity contribution >= 4 is 23.2 Å². The van der Waals surface area contributed by atoms with Crippen LogP contribution in [0.2, 0.25) is 0 Å². The molecule has 0 fully saturated rings. The third-order valence-corrected chi connectivity index (χ3v) is 3.55. The van der Waals surface area contributed by atoms with Crippen LogP contribution >= 0.6 is 11.3 Å². The Morgan fingerprint density at radius 1 is 1.68 bits per heavy atom. The molecule has 0 radical (unpaired) electrons. The lowest BCUT2D eigenvalue weighted by Crippen LogP contribution is -2.34. The molecule has 98 valence electrons. The van der Waals surface area contributed by atoms with Gasteiger partial charge in [-0.1, -0.05) is 6.07 Å². The first kappa shape index (κ1) is 13.1. The number of anilines is 1. The number of aryl methyl sites for hydroxylation is 2. The predicted molar refractivity (Wildman–Crippen MR) is 71.1 cm³/mol. The van der Waals surface area contributed by atoms with Crippen molar-refractivity contribution in [3.63, 3.8) is 0 Å². The summed E-state index contributed by atoms with van der Waals surface area (Å²) in [4.78, 5) is 13.2. The molecule has 2 aromatic heterocycles. The molecule has 0 spiro atoms.